The summed E-state index contributed by atoms with van der Waals surface area (Å²) in [7, 11) is 1.73. The number of fused-ring (bicyclic) bond motifs is 1. The van der Waals surface area contributed by atoms with Crippen molar-refractivity contribution in [2.45, 2.75) is 31.8 Å². The summed E-state index contributed by atoms with van der Waals surface area (Å²) in [6, 6.07) is 11.6. The minimum Gasteiger partial charge on any atom is -0.497 e. The van der Waals surface area contributed by atoms with Crippen LogP contribution in [-0.4, -0.2) is 7.11 Å². The molecule has 2 aromatic rings. The van der Waals surface area contributed by atoms with Crippen molar-refractivity contribution >= 4 is 11.3 Å². The molecule has 3 heteroatoms. The normalized spacial score (nSPS) is 19.2. The fraction of sp³-hybridized carbons (Fsp3) is 0.375. The summed E-state index contributed by atoms with van der Waals surface area (Å²) in [6.45, 7) is 2.24. The highest BCUT2D eigenvalue weighted by Gasteiger charge is 2.24. The van der Waals surface area contributed by atoms with Crippen LogP contribution in [-0.2, 0) is 6.42 Å². The molecule has 0 amide bonds. The summed E-state index contributed by atoms with van der Waals surface area (Å²) in [5.41, 5.74) is 2.86. The van der Waals surface area contributed by atoms with Gasteiger partial charge in [-0.25, -0.2) is 0 Å². The first-order chi connectivity index (χ1) is 9.28. The zero-order valence-electron chi connectivity index (χ0n) is 11.3. The predicted molar refractivity (Wildman–Crippen MR) is 79.9 cm³/mol. The van der Waals surface area contributed by atoms with Crippen LogP contribution in [0, 0.1) is 0 Å². The third kappa shape index (κ3) is 2.53. The Labute approximate surface area is 118 Å². The van der Waals surface area contributed by atoms with Crippen molar-refractivity contribution < 1.29 is 4.74 Å². The number of thiophene rings is 1. The van der Waals surface area contributed by atoms with Gasteiger partial charge in [-0.3, -0.25) is 0 Å². The number of hydrogen-bond acceptors (Lipinski definition) is 3. The number of hydrogen-bond donors (Lipinski definition) is 1. The average molecular weight is 273 g/mol. The smallest absolute Gasteiger partial charge is 0.119 e. The van der Waals surface area contributed by atoms with Crippen molar-refractivity contribution in [2.75, 3.05) is 7.11 Å². The predicted octanol–water partition coefficient (Wildman–Crippen LogP) is 4.09. The van der Waals surface area contributed by atoms with E-state index in [1.807, 2.05) is 11.3 Å². The summed E-state index contributed by atoms with van der Waals surface area (Å²) < 4.78 is 5.34. The zero-order valence-corrected chi connectivity index (χ0v) is 12.2. The number of methoxy groups -OCH3 is 1. The van der Waals surface area contributed by atoms with E-state index in [-0.39, 0.29) is 0 Å². The molecule has 1 aromatic heterocycles. The first kappa shape index (κ1) is 12.7. The molecule has 0 spiro atoms. The Hall–Kier alpha value is -1.32. The van der Waals surface area contributed by atoms with Gasteiger partial charge >= 0.3 is 0 Å². The highest BCUT2D eigenvalue weighted by atomic mass is 32.1. The van der Waals surface area contributed by atoms with Crippen LogP contribution in [0.15, 0.2) is 35.7 Å². The second-order valence-electron chi connectivity index (χ2n) is 5.06. The first-order valence-electron chi connectivity index (χ1n) is 6.74. The van der Waals surface area contributed by atoms with Crippen molar-refractivity contribution in [1.82, 2.24) is 5.32 Å². The monoisotopic (exact) mass is 273 g/mol. The molecular formula is C16H19NOS. The maximum Gasteiger partial charge on any atom is 0.119 e. The Morgan fingerprint density at radius 1 is 1.37 bits per heavy atom. The Bertz CT molecular complexity index is 550. The highest BCUT2D eigenvalue weighted by Crippen LogP contribution is 2.35. The molecule has 1 unspecified atom stereocenters. The first-order valence-corrected chi connectivity index (χ1v) is 7.62. The molecule has 1 N–H and O–H groups in total. The molecule has 0 bridgehead atoms. The molecule has 1 aromatic carbocycles. The molecule has 0 saturated carbocycles. The van der Waals surface area contributed by atoms with Gasteiger partial charge in [0.2, 0.25) is 0 Å². The minimum absolute atomic E-state index is 0.405. The average Bonchev–Trinajstić information content (AvgIpc) is 3.08. The molecule has 2 atom stereocenters. The number of ether oxygens (including phenoxy) is 1. The molecule has 2 nitrogen and oxygen atoms in total. The van der Waals surface area contributed by atoms with Crippen LogP contribution in [0.3, 0.4) is 0 Å². The van der Waals surface area contributed by atoms with Crippen LogP contribution in [0.1, 0.15) is 41.4 Å². The van der Waals surface area contributed by atoms with Crippen molar-refractivity contribution in [3.63, 3.8) is 0 Å². The van der Waals surface area contributed by atoms with Crippen molar-refractivity contribution in [3.8, 4) is 5.75 Å². The van der Waals surface area contributed by atoms with Crippen molar-refractivity contribution in [1.29, 1.82) is 0 Å². The summed E-state index contributed by atoms with van der Waals surface area (Å²) in [4.78, 5) is 1.40. The van der Waals surface area contributed by atoms with Crippen LogP contribution in [0.5, 0.6) is 5.75 Å². The lowest BCUT2D eigenvalue weighted by atomic mass is 10.1. The van der Waals surface area contributed by atoms with E-state index in [1.165, 1.54) is 22.4 Å². The third-order valence-electron chi connectivity index (χ3n) is 3.85. The summed E-state index contributed by atoms with van der Waals surface area (Å²) >= 11 is 1.82. The SMILES string of the molecule is COc1ccc2c(c1)C(N[C@@H](C)c1cccs1)CC2. The lowest BCUT2D eigenvalue weighted by molar-refractivity contribution is 0.412. The molecule has 0 saturated heterocycles. The summed E-state index contributed by atoms with van der Waals surface area (Å²) in [6.07, 6.45) is 2.34. The molecule has 0 fully saturated rings. The topological polar surface area (TPSA) is 21.3 Å². The van der Waals surface area contributed by atoms with Gasteiger partial charge in [-0.15, -0.1) is 11.3 Å². The van der Waals surface area contributed by atoms with Gasteiger partial charge in [0, 0.05) is 17.0 Å². The molecule has 0 aliphatic heterocycles. The molecule has 3 rings (SSSR count). The van der Waals surface area contributed by atoms with Gasteiger partial charge in [0.25, 0.3) is 0 Å². The van der Waals surface area contributed by atoms with Gasteiger partial charge in [0.15, 0.2) is 0 Å². The van der Waals surface area contributed by atoms with E-state index in [4.69, 9.17) is 4.74 Å². The largest absolute Gasteiger partial charge is 0.497 e. The lowest BCUT2D eigenvalue weighted by Crippen LogP contribution is -2.22. The number of aryl methyl sites for hydroxylation is 1. The zero-order chi connectivity index (χ0) is 13.2. The van der Waals surface area contributed by atoms with E-state index in [2.05, 4.69) is 48.0 Å². The standard InChI is InChI=1S/C16H19NOS/c1-11(16-4-3-9-19-16)17-15-8-6-12-5-7-13(18-2)10-14(12)15/h3-5,7,9-11,15,17H,6,8H2,1-2H3/t11-,15?/m0/s1. The maximum absolute atomic E-state index is 5.34. The van der Waals surface area contributed by atoms with Gasteiger partial charge in [-0.2, -0.15) is 0 Å². The van der Waals surface area contributed by atoms with E-state index >= 15 is 0 Å². The molecule has 1 heterocycles. The quantitative estimate of drug-likeness (QED) is 0.905. The van der Waals surface area contributed by atoms with Gasteiger partial charge in [-0.05, 0) is 54.5 Å². The molecule has 1 aliphatic carbocycles. The van der Waals surface area contributed by atoms with E-state index in [9.17, 15) is 0 Å². The van der Waals surface area contributed by atoms with Gasteiger partial charge in [0.1, 0.15) is 5.75 Å². The molecule has 19 heavy (non-hydrogen) atoms. The van der Waals surface area contributed by atoms with Crippen LogP contribution >= 0.6 is 11.3 Å². The summed E-state index contributed by atoms with van der Waals surface area (Å²) in [5.74, 6) is 0.955. The van der Waals surface area contributed by atoms with E-state index in [1.54, 1.807) is 7.11 Å². The number of benzene rings is 1. The second-order valence-corrected chi connectivity index (χ2v) is 6.04. The van der Waals surface area contributed by atoms with E-state index in [0.29, 0.717) is 12.1 Å². The summed E-state index contributed by atoms with van der Waals surface area (Å²) in [5, 5.41) is 5.88. The third-order valence-corrected chi connectivity index (χ3v) is 4.91. The second kappa shape index (κ2) is 5.35. The Kier molecular flexibility index (Phi) is 3.58. The van der Waals surface area contributed by atoms with Crippen molar-refractivity contribution in [2.24, 2.45) is 0 Å². The lowest BCUT2D eigenvalue weighted by Gasteiger charge is -2.20. The Balaban J connectivity index is 1.78. The van der Waals surface area contributed by atoms with Crippen molar-refractivity contribution in [3.05, 3.63) is 51.7 Å². The molecule has 0 radical (unpaired) electrons. The molecule has 1 aliphatic rings. The van der Waals surface area contributed by atoms with Gasteiger partial charge in [-0.1, -0.05) is 12.1 Å². The Morgan fingerprint density at radius 2 is 2.26 bits per heavy atom. The maximum atomic E-state index is 5.34. The number of rotatable bonds is 4. The Morgan fingerprint density at radius 3 is 3.00 bits per heavy atom. The van der Waals surface area contributed by atoms with E-state index in [0.717, 1.165) is 12.2 Å². The van der Waals surface area contributed by atoms with Crippen LogP contribution in [0.2, 0.25) is 0 Å². The highest BCUT2D eigenvalue weighted by molar-refractivity contribution is 7.10. The minimum atomic E-state index is 0.405. The fourth-order valence-electron chi connectivity index (χ4n) is 2.80. The number of nitrogens with one attached hydrogen (secondary N) is 1. The van der Waals surface area contributed by atoms with Crippen LogP contribution < -0.4 is 10.1 Å². The van der Waals surface area contributed by atoms with Crippen LogP contribution in [0.4, 0.5) is 0 Å². The van der Waals surface area contributed by atoms with Gasteiger partial charge < -0.3 is 10.1 Å². The molecule has 100 valence electrons. The van der Waals surface area contributed by atoms with Gasteiger partial charge in [0.05, 0.1) is 7.11 Å². The van der Waals surface area contributed by atoms with E-state index < -0.39 is 0 Å². The fourth-order valence-corrected chi connectivity index (χ4v) is 3.55. The molecular weight excluding hydrogens is 254 g/mol. The van der Waals surface area contributed by atoms with Crippen LogP contribution in [0.25, 0.3) is 0 Å².